The highest BCUT2D eigenvalue weighted by Gasteiger charge is 2.21. The van der Waals surface area contributed by atoms with Crippen molar-refractivity contribution in [3.8, 4) is 5.88 Å². The van der Waals surface area contributed by atoms with Crippen molar-refractivity contribution in [2.24, 2.45) is 7.05 Å². The first kappa shape index (κ1) is 16.5. The molecule has 0 aromatic carbocycles. The molecule has 2 heterocycles. The van der Waals surface area contributed by atoms with E-state index in [-0.39, 0.29) is 36.3 Å². The number of carbonyl (C=O) groups excluding carboxylic acids is 2. The molecule has 0 aliphatic rings. The van der Waals surface area contributed by atoms with E-state index in [1.54, 1.807) is 14.0 Å². The van der Waals surface area contributed by atoms with E-state index in [1.165, 1.54) is 29.9 Å². The van der Waals surface area contributed by atoms with Crippen LogP contribution in [-0.2, 0) is 18.4 Å². The zero-order chi connectivity index (χ0) is 17.0. The number of aryl methyl sites for hydroxylation is 2. The summed E-state index contributed by atoms with van der Waals surface area (Å²) in [7, 11) is 4.63. The maximum Gasteiger partial charge on any atom is 0.261 e. The van der Waals surface area contributed by atoms with Gasteiger partial charge in [0.2, 0.25) is 23.6 Å². The zero-order valence-corrected chi connectivity index (χ0v) is 13.4. The van der Waals surface area contributed by atoms with Crippen LogP contribution in [0, 0.1) is 6.92 Å². The van der Waals surface area contributed by atoms with Gasteiger partial charge in [0, 0.05) is 27.2 Å². The van der Waals surface area contributed by atoms with E-state index in [9.17, 15) is 9.59 Å². The van der Waals surface area contributed by atoms with Gasteiger partial charge in [-0.3, -0.25) is 14.3 Å². The lowest BCUT2D eigenvalue weighted by atomic mass is 10.3. The van der Waals surface area contributed by atoms with Gasteiger partial charge in [-0.15, -0.1) is 15.3 Å². The van der Waals surface area contributed by atoms with Crippen LogP contribution in [0.5, 0.6) is 5.88 Å². The van der Waals surface area contributed by atoms with E-state index < -0.39 is 0 Å². The van der Waals surface area contributed by atoms with E-state index in [0.717, 1.165) is 0 Å². The number of carbonyl (C=O) groups is 2. The second-order valence-electron chi connectivity index (χ2n) is 4.88. The van der Waals surface area contributed by atoms with Crippen LogP contribution in [0.1, 0.15) is 22.1 Å². The van der Waals surface area contributed by atoms with Gasteiger partial charge in [-0.25, -0.2) is 0 Å². The van der Waals surface area contributed by atoms with Gasteiger partial charge < -0.3 is 19.4 Å². The van der Waals surface area contributed by atoms with E-state index >= 15 is 0 Å². The van der Waals surface area contributed by atoms with Crippen molar-refractivity contribution >= 4 is 11.8 Å². The summed E-state index contributed by atoms with van der Waals surface area (Å²) in [6.07, 6.45) is 1.54. The molecule has 0 atom stereocenters. The largest absolute Gasteiger partial charge is 0.479 e. The fraction of sp³-hybridized carbons (Fsp3) is 0.462. The average molecular weight is 322 g/mol. The number of nitrogens with zero attached hydrogens (tertiary/aromatic N) is 5. The standard InChI is InChI=1S/C13H18N6O4/c1-8-15-16-11(23-8)5-14-10(20)7-18(2)13(21)9-6-19(3)17-12(9)22-4/h6H,5,7H2,1-4H3,(H,14,20). The molecular formula is C13H18N6O4. The third kappa shape index (κ3) is 4.05. The molecule has 1 N–H and O–H groups in total. The highest BCUT2D eigenvalue weighted by atomic mass is 16.5. The van der Waals surface area contributed by atoms with Crippen molar-refractivity contribution in [1.82, 2.24) is 30.2 Å². The van der Waals surface area contributed by atoms with Crippen LogP contribution >= 0.6 is 0 Å². The molecule has 2 rings (SSSR count). The Kier molecular flexibility index (Phi) is 4.94. The van der Waals surface area contributed by atoms with Crippen molar-refractivity contribution in [3.05, 3.63) is 23.5 Å². The van der Waals surface area contributed by atoms with Crippen molar-refractivity contribution in [2.75, 3.05) is 20.7 Å². The number of rotatable bonds is 6. The van der Waals surface area contributed by atoms with Crippen LogP contribution in [0.25, 0.3) is 0 Å². The van der Waals surface area contributed by atoms with Crippen LogP contribution in [0.4, 0.5) is 0 Å². The highest BCUT2D eigenvalue weighted by Crippen LogP contribution is 2.16. The molecule has 0 aliphatic carbocycles. The quantitative estimate of drug-likeness (QED) is 0.763. The number of hydrogen-bond acceptors (Lipinski definition) is 7. The summed E-state index contributed by atoms with van der Waals surface area (Å²) in [6.45, 7) is 1.65. The lowest BCUT2D eigenvalue weighted by Gasteiger charge is -2.16. The lowest BCUT2D eigenvalue weighted by molar-refractivity contribution is -0.121. The molecule has 0 radical (unpaired) electrons. The van der Waals surface area contributed by atoms with Crippen molar-refractivity contribution in [1.29, 1.82) is 0 Å². The first-order valence-corrected chi connectivity index (χ1v) is 6.79. The fourth-order valence-electron chi connectivity index (χ4n) is 1.90. The molecule has 0 bridgehead atoms. The average Bonchev–Trinajstić information content (AvgIpc) is 3.09. The molecular weight excluding hydrogens is 304 g/mol. The van der Waals surface area contributed by atoms with Crippen LogP contribution in [0.15, 0.2) is 10.6 Å². The van der Waals surface area contributed by atoms with Gasteiger partial charge in [-0.05, 0) is 0 Å². The zero-order valence-electron chi connectivity index (χ0n) is 13.4. The molecule has 124 valence electrons. The van der Waals surface area contributed by atoms with Gasteiger partial charge in [-0.1, -0.05) is 0 Å². The number of hydrogen-bond donors (Lipinski definition) is 1. The maximum atomic E-state index is 12.3. The van der Waals surface area contributed by atoms with Gasteiger partial charge in [0.15, 0.2) is 0 Å². The van der Waals surface area contributed by atoms with Gasteiger partial charge in [0.1, 0.15) is 5.56 Å². The topological polar surface area (TPSA) is 115 Å². The van der Waals surface area contributed by atoms with Gasteiger partial charge in [-0.2, -0.15) is 0 Å². The molecule has 10 nitrogen and oxygen atoms in total. The Labute approximate surface area is 132 Å². The Morgan fingerprint density at radius 2 is 2.17 bits per heavy atom. The van der Waals surface area contributed by atoms with E-state index in [1.807, 2.05) is 0 Å². The second kappa shape index (κ2) is 6.90. The van der Waals surface area contributed by atoms with Crippen LogP contribution in [-0.4, -0.2) is 57.4 Å². The summed E-state index contributed by atoms with van der Waals surface area (Å²) in [5, 5.41) is 14.0. The lowest BCUT2D eigenvalue weighted by Crippen LogP contribution is -2.38. The number of ether oxygens (including phenoxy) is 1. The monoisotopic (exact) mass is 322 g/mol. The van der Waals surface area contributed by atoms with Crippen molar-refractivity contribution in [3.63, 3.8) is 0 Å². The fourth-order valence-corrected chi connectivity index (χ4v) is 1.90. The summed E-state index contributed by atoms with van der Waals surface area (Å²) >= 11 is 0. The molecule has 2 amide bonds. The minimum atomic E-state index is -0.362. The Bertz CT molecular complexity index is 707. The Morgan fingerprint density at radius 1 is 1.43 bits per heavy atom. The smallest absolute Gasteiger partial charge is 0.261 e. The van der Waals surface area contributed by atoms with Gasteiger partial charge in [0.25, 0.3) is 5.91 Å². The van der Waals surface area contributed by atoms with Gasteiger partial charge in [0.05, 0.1) is 20.2 Å². The second-order valence-corrected chi connectivity index (χ2v) is 4.88. The predicted molar refractivity (Wildman–Crippen MR) is 77.6 cm³/mol. The number of likely N-dealkylation sites (N-methyl/N-ethyl adjacent to an activating group) is 1. The first-order valence-electron chi connectivity index (χ1n) is 6.79. The third-order valence-corrected chi connectivity index (χ3v) is 2.95. The first-order chi connectivity index (χ1) is 10.9. The van der Waals surface area contributed by atoms with E-state index in [2.05, 4.69) is 20.6 Å². The Balaban J connectivity index is 1.91. The normalized spacial score (nSPS) is 10.4. The van der Waals surface area contributed by atoms with Crippen LogP contribution in [0.2, 0.25) is 0 Å². The van der Waals surface area contributed by atoms with Crippen LogP contribution in [0.3, 0.4) is 0 Å². The summed E-state index contributed by atoms with van der Waals surface area (Å²) in [5.74, 6) is 0.230. The third-order valence-electron chi connectivity index (χ3n) is 2.95. The van der Waals surface area contributed by atoms with Crippen LogP contribution < -0.4 is 10.1 Å². The molecule has 0 unspecified atom stereocenters. The maximum absolute atomic E-state index is 12.3. The summed E-state index contributed by atoms with van der Waals surface area (Å²) in [6, 6.07) is 0. The van der Waals surface area contributed by atoms with Crippen molar-refractivity contribution in [2.45, 2.75) is 13.5 Å². The highest BCUT2D eigenvalue weighted by molar-refractivity contribution is 5.98. The number of amides is 2. The predicted octanol–water partition coefficient (Wildman–Crippen LogP) is -0.491. The summed E-state index contributed by atoms with van der Waals surface area (Å²) < 4.78 is 11.7. The molecule has 23 heavy (non-hydrogen) atoms. The number of methoxy groups -OCH3 is 1. The summed E-state index contributed by atoms with van der Waals surface area (Å²) in [5.41, 5.74) is 0.290. The molecule has 0 spiro atoms. The van der Waals surface area contributed by atoms with E-state index in [4.69, 9.17) is 9.15 Å². The number of aromatic nitrogens is 4. The van der Waals surface area contributed by atoms with Gasteiger partial charge >= 0.3 is 0 Å². The molecule has 2 aromatic heterocycles. The molecule has 0 saturated heterocycles. The Hall–Kier alpha value is -2.91. The molecule has 0 fully saturated rings. The minimum absolute atomic E-state index is 0.109. The molecule has 0 aliphatic heterocycles. The number of nitrogens with one attached hydrogen (secondary N) is 1. The Morgan fingerprint density at radius 3 is 2.78 bits per heavy atom. The SMILES string of the molecule is COc1nn(C)cc1C(=O)N(C)CC(=O)NCc1nnc(C)o1. The molecule has 0 saturated carbocycles. The summed E-state index contributed by atoms with van der Waals surface area (Å²) in [4.78, 5) is 25.5. The molecule has 2 aromatic rings. The minimum Gasteiger partial charge on any atom is -0.479 e. The molecule has 10 heteroatoms. The van der Waals surface area contributed by atoms with Crippen molar-refractivity contribution < 1.29 is 18.7 Å². The van der Waals surface area contributed by atoms with E-state index in [0.29, 0.717) is 11.8 Å².